The van der Waals surface area contributed by atoms with Crippen LogP contribution >= 0.6 is 23.2 Å². The molecule has 0 saturated carbocycles. The third-order valence-electron chi connectivity index (χ3n) is 2.66. The van der Waals surface area contributed by atoms with Crippen molar-refractivity contribution in [1.82, 2.24) is 4.90 Å². The second kappa shape index (κ2) is 6.94. The quantitative estimate of drug-likeness (QED) is 0.778. The summed E-state index contributed by atoms with van der Waals surface area (Å²) in [6.45, 7) is 6.26. The van der Waals surface area contributed by atoms with E-state index in [1.165, 1.54) is 6.08 Å². The van der Waals surface area contributed by atoms with Gasteiger partial charge in [-0.2, -0.15) is 0 Å². The van der Waals surface area contributed by atoms with Crippen molar-refractivity contribution in [3.63, 3.8) is 0 Å². The van der Waals surface area contributed by atoms with Gasteiger partial charge in [-0.15, -0.1) is 0 Å². The minimum atomic E-state index is -0.160. The van der Waals surface area contributed by atoms with Crippen molar-refractivity contribution >= 4 is 34.8 Å². The zero-order valence-electron chi connectivity index (χ0n) is 11.4. The van der Waals surface area contributed by atoms with Gasteiger partial charge in [0.15, 0.2) is 0 Å². The number of carbonyl (C=O) groups excluding carboxylic acids is 1. The number of amides is 1. The van der Waals surface area contributed by atoms with Crippen molar-refractivity contribution in [3.8, 4) is 0 Å². The van der Waals surface area contributed by atoms with Gasteiger partial charge in [0, 0.05) is 18.3 Å². The molecule has 0 radical (unpaired) electrons. The molecule has 1 aromatic rings. The molecule has 1 amide bonds. The fourth-order valence-electron chi connectivity index (χ4n) is 1.94. The van der Waals surface area contributed by atoms with Crippen LogP contribution in [0.4, 0.5) is 5.69 Å². The molecule has 0 aliphatic heterocycles. The zero-order chi connectivity index (χ0) is 14.6. The molecule has 1 aromatic carbocycles. The molecule has 19 heavy (non-hydrogen) atoms. The molecular weight excluding hydrogens is 283 g/mol. The lowest BCUT2D eigenvalue weighted by molar-refractivity contribution is -0.114. The molecule has 0 saturated heterocycles. The summed E-state index contributed by atoms with van der Waals surface area (Å²) in [6, 6.07) is 5.15. The second-order valence-corrected chi connectivity index (χ2v) is 5.44. The van der Waals surface area contributed by atoms with Crippen molar-refractivity contribution in [2.24, 2.45) is 0 Å². The van der Waals surface area contributed by atoms with Gasteiger partial charge in [0.05, 0.1) is 10.0 Å². The van der Waals surface area contributed by atoms with Crippen LogP contribution in [0.3, 0.4) is 0 Å². The molecule has 0 bridgehead atoms. The number of halogens is 2. The highest BCUT2D eigenvalue weighted by Crippen LogP contribution is 2.28. The Hall–Kier alpha value is -1.03. The minimum absolute atomic E-state index is 0.00209. The first-order valence-electron chi connectivity index (χ1n) is 5.92. The predicted molar refractivity (Wildman–Crippen MR) is 82.2 cm³/mol. The Bertz CT molecular complexity index is 475. The van der Waals surface area contributed by atoms with Crippen molar-refractivity contribution in [1.29, 1.82) is 0 Å². The summed E-state index contributed by atoms with van der Waals surface area (Å²) in [5.41, 5.74) is 0.716. The summed E-state index contributed by atoms with van der Waals surface area (Å²) in [5.74, 6) is -0.160. The number of likely N-dealkylation sites (N-methyl/N-ethyl adjacent to an activating group) is 1. The first-order valence-corrected chi connectivity index (χ1v) is 6.67. The summed E-state index contributed by atoms with van der Waals surface area (Å²) in [4.78, 5) is 15.7. The lowest BCUT2D eigenvalue weighted by Gasteiger charge is -2.30. The van der Waals surface area contributed by atoms with E-state index in [0.717, 1.165) is 6.54 Å². The van der Waals surface area contributed by atoms with E-state index in [-0.39, 0.29) is 11.9 Å². The Kier molecular flexibility index (Phi) is 5.85. The zero-order valence-corrected chi connectivity index (χ0v) is 12.9. The molecule has 1 atom stereocenters. The van der Waals surface area contributed by atoms with Gasteiger partial charge >= 0.3 is 0 Å². The molecule has 1 unspecified atom stereocenters. The van der Waals surface area contributed by atoms with Crippen LogP contribution in [0.25, 0.3) is 0 Å². The van der Waals surface area contributed by atoms with E-state index in [1.807, 2.05) is 25.9 Å². The summed E-state index contributed by atoms with van der Waals surface area (Å²) < 4.78 is 0. The van der Waals surface area contributed by atoms with Gasteiger partial charge in [0.2, 0.25) is 0 Å². The van der Waals surface area contributed by atoms with Gasteiger partial charge in [-0.05, 0) is 45.3 Å². The summed E-state index contributed by atoms with van der Waals surface area (Å²) >= 11 is 11.9. The van der Waals surface area contributed by atoms with E-state index < -0.39 is 0 Å². The summed E-state index contributed by atoms with van der Waals surface area (Å²) in [6.07, 6.45) is 1.30. The Morgan fingerprint density at radius 3 is 2.47 bits per heavy atom. The van der Waals surface area contributed by atoms with E-state index in [4.69, 9.17) is 23.2 Å². The molecule has 0 aliphatic rings. The van der Waals surface area contributed by atoms with E-state index in [9.17, 15) is 4.79 Å². The topological polar surface area (TPSA) is 23.6 Å². The molecule has 0 spiro atoms. The normalized spacial score (nSPS) is 12.3. The average Bonchev–Trinajstić information content (AvgIpc) is 2.32. The average molecular weight is 301 g/mol. The molecule has 0 fully saturated rings. The molecular formula is C14H18Cl2N2O. The van der Waals surface area contributed by atoms with Crippen molar-refractivity contribution < 1.29 is 4.79 Å². The van der Waals surface area contributed by atoms with E-state index in [1.54, 1.807) is 23.1 Å². The third-order valence-corrected chi connectivity index (χ3v) is 3.40. The van der Waals surface area contributed by atoms with E-state index in [2.05, 4.69) is 6.58 Å². The Morgan fingerprint density at radius 2 is 2.00 bits per heavy atom. The fourth-order valence-corrected chi connectivity index (χ4v) is 2.23. The molecule has 0 aliphatic carbocycles. The minimum Gasteiger partial charge on any atom is -0.307 e. The SMILES string of the molecule is C=CC(=O)N(c1ccc(Cl)c(Cl)c1)C(C)CN(C)C. The smallest absolute Gasteiger partial charge is 0.250 e. The standard InChI is InChI=1S/C14H18Cl2N2O/c1-5-14(19)18(10(2)9-17(3)4)11-6-7-12(15)13(16)8-11/h5-8,10H,1,9H2,2-4H3. The fraction of sp³-hybridized carbons (Fsp3) is 0.357. The third kappa shape index (κ3) is 4.23. The van der Waals surface area contributed by atoms with Crippen LogP contribution in [0, 0.1) is 0 Å². The lowest BCUT2D eigenvalue weighted by Crippen LogP contribution is -2.43. The molecule has 0 aromatic heterocycles. The van der Waals surface area contributed by atoms with Crippen LogP contribution in [-0.4, -0.2) is 37.5 Å². The maximum Gasteiger partial charge on any atom is 0.250 e. The summed E-state index contributed by atoms with van der Waals surface area (Å²) in [7, 11) is 3.92. The number of hydrogen-bond donors (Lipinski definition) is 0. The first-order chi connectivity index (χ1) is 8.86. The highest BCUT2D eigenvalue weighted by Gasteiger charge is 2.21. The van der Waals surface area contributed by atoms with Gasteiger partial charge in [-0.3, -0.25) is 4.79 Å². The van der Waals surface area contributed by atoms with Gasteiger partial charge in [0.1, 0.15) is 0 Å². The molecule has 104 valence electrons. The van der Waals surface area contributed by atoms with Gasteiger partial charge in [-0.1, -0.05) is 29.8 Å². The highest BCUT2D eigenvalue weighted by molar-refractivity contribution is 6.42. The van der Waals surface area contributed by atoms with Crippen molar-refractivity contribution in [3.05, 3.63) is 40.9 Å². The maximum absolute atomic E-state index is 12.0. The number of carbonyl (C=O) groups is 1. The van der Waals surface area contributed by atoms with Gasteiger partial charge in [0.25, 0.3) is 5.91 Å². The monoisotopic (exact) mass is 300 g/mol. The van der Waals surface area contributed by atoms with Crippen LogP contribution in [0.15, 0.2) is 30.9 Å². The Balaban J connectivity index is 3.12. The first kappa shape index (κ1) is 16.0. The van der Waals surface area contributed by atoms with Crippen LogP contribution in [0.2, 0.25) is 10.0 Å². The number of benzene rings is 1. The molecule has 5 heteroatoms. The van der Waals surface area contributed by atoms with Crippen LogP contribution in [-0.2, 0) is 4.79 Å². The molecule has 1 rings (SSSR count). The number of hydrogen-bond acceptors (Lipinski definition) is 2. The Labute approximate surface area is 124 Å². The van der Waals surface area contributed by atoms with Gasteiger partial charge in [-0.25, -0.2) is 0 Å². The van der Waals surface area contributed by atoms with Crippen molar-refractivity contribution in [2.45, 2.75) is 13.0 Å². The number of nitrogens with zero attached hydrogens (tertiary/aromatic N) is 2. The largest absolute Gasteiger partial charge is 0.307 e. The van der Waals surface area contributed by atoms with E-state index in [0.29, 0.717) is 15.7 Å². The van der Waals surface area contributed by atoms with Gasteiger partial charge < -0.3 is 9.80 Å². The van der Waals surface area contributed by atoms with E-state index >= 15 is 0 Å². The van der Waals surface area contributed by atoms with Crippen LogP contribution in [0.5, 0.6) is 0 Å². The van der Waals surface area contributed by atoms with Crippen molar-refractivity contribution in [2.75, 3.05) is 25.5 Å². The van der Waals surface area contributed by atoms with Crippen LogP contribution in [0.1, 0.15) is 6.92 Å². The van der Waals surface area contributed by atoms with Crippen LogP contribution < -0.4 is 4.90 Å². The molecule has 0 heterocycles. The summed E-state index contributed by atoms with van der Waals surface area (Å²) in [5, 5.41) is 0.898. The number of anilines is 1. The predicted octanol–water partition coefficient (Wildman–Crippen LogP) is 3.46. The molecule has 3 nitrogen and oxygen atoms in total. The Morgan fingerprint density at radius 1 is 1.37 bits per heavy atom. The maximum atomic E-state index is 12.0. The molecule has 0 N–H and O–H groups in total. The lowest BCUT2D eigenvalue weighted by atomic mass is 10.2. The second-order valence-electron chi connectivity index (χ2n) is 4.62. The highest BCUT2D eigenvalue weighted by atomic mass is 35.5. The number of rotatable bonds is 5.